The molecule has 1 aromatic carbocycles. The van der Waals surface area contributed by atoms with E-state index in [0.717, 1.165) is 0 Å². The first-order valence-corrected chi connectivity index (χ1v) is 4.68. The van der Waals surface area contributed by atoms with Gasteiger partial charge in [0, 0.05) is 5.56 Å². The molecule has 17 heavy (non-hydrogen) atoms. The van der Waals surface area contributed by atoms with Gasteiger partial charge in [0.1, 0.15) is 11.5 Å². The second kappa shape index (κ2) is 8.85. The molecular formula is C11H12N2O4. The fraction of sp³-hybridized carbons (Fsp3) is 0.273. The third kappa shape index (κ3) is 6.62. The zero-order valence-corrected chi connectivity index (χ0v) is 9.25. The van der Waals surface area contributed by atoms with Gasteiger partial charge in [-0.1, -0.05) is 6.07 Å². The Kier molecular flexibility index (Phi) is 7.59. The number of rotatable bonds is 3. The molecule has 1 rings (SSSR count). The van der Waals surface area contributed by atoms with E-state index in [1.54, 1.807) is 13.0 Å². The molecule has 0 saturated carbocycles. The van der Waals surface area contributed by atoms with E-state index in [1.807, 2.05) is 0 Å². The van der Waals surface area contributed by atoms with Crippen molar-refractivity contribution in [3.05, 3.63) is 23.8 Å². The first-order valence-electron chi connectivity index (χ1n) is 4.68. The Hall–Kier alpha value is -2.42. The van der Waals surface area contributed by atoms with Crippen molar-refractivity contribution in [3.63, 3.8) is 0 Å². The van der Waals surface area contributed by atoms with Gasteiger partial charge in [-0.05, 0) is 19.1 Å². The summed E-state index contributed by atoms with van der Waals surface area (Å²) in [7, 11) is 0. The molecule has 6 nitrogen and oxygen atoms in total. The van der Waals surface area contributed by atoms with Crippen LogP contribution in [0.25, 0.3) is 0 Å². The number of hydrogen-bond donors (Lipinski definition) is 2. The maximum Gasteiger partial charge on any atom is 0.235 e. The van der Waals surface area contributed by atoms with Crippen molar-refractivity contribution < 1.29 is 19.8 Å². The minimum atomic E-state index is 0.134. The molecule has 0 saturated heterocycles. The van der Waals surface area contributed by atoms with Crippen molar-refractivity contribution in [2.24, 2.45) is 9.98 Å². The predicted octanol–water partition coefficient (Wildman–Crippen LogP) is 1.06. The summed E-state index contributed by atoms with van der Waals surface area (Å²) >= 11 is 0. The quantitative estimate of drug-likeness (QED) is 0.465. The standard InChI is InChI=1S/C7H8O2.C4H4N2O2/c1-5-6(8)3-2-4-7(5)9;7-3-5-1-2-6-4-8/h2-4,8-9H,1H3;1-2H2. The second-order valence-corrected chi connectivity index (χ2v) is 2.87. The molecular weight excluding hydrogens is 224 g/mol. The average molecular weight is 236 g/mol. The predicted molar refractivity (Wildman–Crippen MR) is 60.5 cm³/mol. The summed E-state index contributed by atoms with van der Waals surface area (Å²) in [5.41, 5.74) is 0.525. The maximum absolute atomic E-state index is 9.34. The lowest BCUT2D eigenvalue weighted by Crippen LogP contribution is -1.82. The normalized spacial score (nSPS) is 8.06. The van der Waals surface area contributed by atoms with Crippen LogP contribution in [0.1, 0.15) is 5.56 Å². The Morgan fingerprint density at radius 2 is 1.47 bits per heavy atom. The summed E-state index contributed by atoms with van der Waals surface area (Å²) in [5, 5.41) is 17.9. The van der Waals surface area contributed by atoms with Crippen molar-refractivity contribution in [1.29, 1.82) is 0 Å². The maximum atomic E-state index is 9.34. The van der Waals surface area contributed by atoms with E-state index < -0.39 is 0 Å². The number of phenols is 2. The van der Waals surface area contributed by atoms with Gasteiger partial charge in [-0.3, -0.25) is 0 Å². The number of aromatic hydroxyl groups is 2. The summed E-state index contributed by atoms with van der Waals surface area (Å²) in [6, 6.07) is 4.67. The molecule has 0 atom stereocenters. The highest BCUT2D eigenvalue weighted by atomic mass is 16.3. The van der Waals surface area contributed by atoms with Gasteiger partial charge < -0.3 is 10.2 Å². The molecule has 90 valence electrons. The van der Waals surface area contributed by atoms with Crippen LogP contribution >= 0.6 is 0 Å². The average Bonchev–Trinajstić information content (AvgIpc) is 2.33. The summed E-state index contributed by atoms with van der Waals surface area (Å²) in [6.45, 7) is 2.10. The molecule has 0 aliphatic rings. The zero-order chi connectivity index (χ0) is 13.1. The lowest BCUT2D eigenvalue weighted by molar-refractivity contribution is 0.443. The lowest BCUT2D eigenvalue weighted by Gasteiger charge is -1.98. The molecule has 6 heteroatoms. The van der Waals surface area contributed by atoms with Crippen LogP contribution in [0.5, 0.6) is 11.5 Å². The monoisotopic (exact) mass is 236 g/mol. The molecule has 0 spiro atoms. The largest absolute Gasteiger partial charge is 0.508 e. The number of aliphatic imine (C=N–C) groups is 2. The Labute approximate surface area is 98.0 Å². The van der Waals surface area contributed by atoms with Crippen molar-refractivity contribution >= 4 is 12.2 Å². The molecule has 0 bridgehead atoms. The first kappa shape index (κ1) is 14.6. The molecule has 0 aliphatic carbocycles. The van der Waals surface area contributed by atoms with E-state index in [-0.39, 0.29) is 24.6 Å². The van der Waals surface area contributed by atoms with Gasteiger partial charge >= 0.3 is 0 Å². The summed E-state index contributed by atoms with van der Waals surface area (Å²) in [4.78, 5) is 24.9. The SMILES string of the molecule is Cc1c(O)cccc1O.O=C=NCCN=C=O. The van der Waals surface area contributed by atoms with Crippen LogP contribution in [-0.2, 0) is 9.59 Å². The van der Waals surface area contributed by atoms with E-state index in [0.29, 0.717) is 5.56 Å². The van der Waals surface area contributed by atoms with Crippen molar-refractivity contribution in [2.45, 2.75) is 6.92 Å². The van der Waals surface area contributed by atoms with E-state index in [2.05, 4.69) is 9.98 Å². The van der Waals surface area contributed by atoms with Gasteiger partial charge in [0.2, 0.25) is 12.2 Å². The summed E-state index contributed by atoms with van der Waals surface area (Å²) in [6.07, 6.45) is 2.62. The third-order valence-corrected chi connectivity index (χ3v) is 1.73. The highest BCUT2D eigenvalue weighted by Gasteiger charge is 1.97. The highest BCUT2D eigenvalue weighted by Crippen LogP contribution is 2.23. The van der Waals surface area contributed by atoms with Gasteiger partial charge in [0.15, 0.2) is 0 Å². The minimum absolute atomic E-state index is 0.134. The van der Waals surface area contributed by atoms with Gasteiger partial charge in [0.25, 0.3) is 0 Å². The topological polar surface area (TPSA) is 99.3 Å². The van der Waals surface area contributed by atoms with Crippen LogP contribution in [0.4, 0.5) is 0 Å². The summed E-state index contributed by atoms with van der Waals surface area (Å²) in [5.74, 6) is 0.269. The number of carbonyl (C=O) groups excluding carboxylic acids is 2. The van der Waals surface area contributed by atoms with Gasteiger partial charge in [-0.25, -0.2) is 19.6 Å². The number of benzene rings is 1. The van der Waals surface area contributed by atoms with Crippen molar-refractivity contribution in [2.75, 3.05) is 13.1 Å². The van der Waals surface area contributed by atoms with E-state index in [9.17, 15) is 9.59 Å². The van der Waals surface area contributed by atoms with Crippen LogP contribution in [0.2, 0.25) is 0 Å². The van der Waals surface area contributed by atoms with Gasteiger partial charge in [-0.2, -0.15) is 0 Å². The van der Waals surface area contributed by atoms with E-state index in [1.165, 1.54) is 24.3 Å². The van der Waals surface area contributed by atoms with Gasteiger partial charge in [-0.15, -0.1) is 0 Å². The molecule has 0 fully saturated rings. The van der Waals surface area contributed by atoms with Crippen molar-refractivity contribution in [1.82, 2.24) is 0 Å². The molecule has 0 radical (unpaired) electrons. The third-order valence-electron chi connectivity index (χ3n) is 1.73. The fourth-order valence-corrected chi connectivity index (χ4v) is 0.803. The van der Waals surface area contributed by atoms with Crippen LogP contribution < -0.4 is 0 Å². The molecule has 0 amide bonds. The number of nitrogens with zero attached hydrogens (tertiary/aromatic N) is 2. The molecule has 1 aromatic rings. The fourth-order valence-electron chi connectivity index (χ4n) is 0.803. The van der Waals surface area contributed by atoms with Gasteiger partial charge in [0.05, 0.1) is 13.1 Å². The summed E-state index contributed by atoms with van der Waals surface area (Å²) < 4.78 is 0. The van der Waals surface area contributed by atoms with Crippen LogP contribution in [0.15, 0.2) is 28.2 Å². The Bertz CT molecular complexity index is 409. The Morgan fingerprint density at radius 1 is 1.06 bits per heavy atom. The Morgan fingerprint density at radius 3 is 1.76 bits per heavy atom. The highest BCUT2D eigenvalue weighted by molar-refractivity contribution is 5.41. The number of hydrogen-bond acceptors (Lipinski definition) is 6. The molecule has 2 N–H and O–H groups in total. The molecule has 0 aromatic heterocycles. The number of phenolic OH excluding ortho intramolecular Hbond substituents is 2. The van der Waals surface area contributed by atoms with Crippen LogP contribution in [-0.4, -0.2) is 35.5 Å². The number of isocyanates is 2. The minimum Gasteiger partial charge on any atom is -0.508 e. The van der Waals surface area contributed by atoms with Crippen LogP contribution in [0.3, 0.4) is 0 Å². The molecule has 0 unspecified atom stereocenters. The Balaban J connectivity index is 0.000000304. The van der Waals surface area contributed by atoms with E-state index >= 15 is 0 Å². The smallest absolute Gasteiger partial charge is 0.235 e. The lowest BCUT2D eigenvalue weighted by atomic mass is 10.2. The first-order chi connectivity index (χ1) is 8.13. The molecule has 0 aliphatic heterocycles. The van der Waals surface area contributed by atoms with Crippen molar-refractivity contribution in [3.8, 4) is 11.5 Å². The second-order valence-electron chi connectivity index (χ2n) is 2.87. The zero-order valence-electron chi connectivity index (χ0n) is 9.25. The van der Waals surface area contributed by atoms with E-state index in [4.69, 9.17) is 10.2 Å². The van der Waals surface area contributed by atoms with Crippen LogP contribution in [0, 0.1) is 6.92 Å². The molecule has 0 heterocycles.